The molecule has 0 fully saturated rings. The van der Waals surface area contributed by atoms with Gasteiger partial charge in [-0.3, -0.25) is 0 Å². The lowest BCUT2D eigenvalue weighted by Gasteiger charge is -1.93. The molecule has 2 heterocycles. The van der Waals surface area contributed by atoms with Crippen LogP contribution in [0.5, 0.6) is 0 Å². The van der Waals surface area contributed by atoms with Gasteiger partial charge in [-0.15, -0.1) is 0 Å². The molecule has 2 aromatic rings. The van der Waals surface area contributed by atoms with Crippen LogP contribution < -0.4 is 0 Å². The van der Waals surface area contributed by atoms with E-state index in [1.54, 1.807) is 18.6 Å². The molecule has 0 aliphatic heterocycles. The lowest BCUT2D eigenvalue weighted by Crippen LogP contribution is -1.91. The normalized spacial score (nSPS) is 9.15. The first-order valence-corrected chi connectivity index (χ1v) is 4.26. The second-order valence-corrected chi connectivity index (χ2v) is 2.18. The van der Waals surface area contributed by atoms with Crippen LogP contribution in [-0.2, 0) is 0 Å². The van der Waals surface area contributed by atoms with E-state index in [9.17, 15) is 0 Å². The zero-order valence-corrected chi connectivity index (χ0v) is 8.02. The Kier molecular flexibility index (Phi) is 3.25. The molecule has 0 atom stereocenters. The highest BCUT2D eigenvalue weighted by molar-refractivity contribution is 5.67. The number of fused-ring (bicyclic) bond motifs is 1. The Morgan fingerprint density at radius 3 is 2.46 bits per heavy atom. The van der Waals surface area contributed by atoms with Crippen molar-refractivity contribution in [2.45, 2.75) is 20.8 Å². The molecule has 0 saturated heterocycles. The zero-order valence-electron chi connectivity index (χ0n) is 8.02. The molecule has 4 nitrogen and oxygen atoms in total. The van der Waals surface area contributed by atoms with Gasteiger partial charge in [-0.1, -0.05) is 13.8 Å². The van der Waals surface area contributed by atoms with E-state index < -0.39 is 0 Å². The van der Waals surface area contributed by atoms with Gasteiger partial charge in [0.25, 0.3) is 0 Å². The van der Waals surface area contributed by atoms with Gasteiger partial charge in [-0.05, 0) is 6.92 Å². The summed E-state index contributed by atoms with van der Waals surface area (Å²) >= 11 is 0. The third-order valence-electron chi connectivity index (χ3n) is 1.35. The molecular formula is C9H12N4. The first-order chi connectivity index (χ1) is 6.36. The summed E-state index contributed by atoms with van der Waals surface area (Å²) in [5, 5.41) is 0. The molecule has 0 N–H and O–H groups in total. The van der Waals surface area contributed by atoms with Gasteiger partial charge < -0.3 is 0 Å². The number of hydrogen-bond donors (Lipinski definition) is 0. The Morgan fingerprint density at radius 1 is 1.00 bits per heavy atom. The van der Waals surface area contributed by atoms with Crippen LogP contribution in [0, 0.1) is 6.92 Å². The Labute approximate surface area is 77.1 Å². The number of aryl methyl sites for hydroxylation is 1. The highest BCUT2D eigenvalue weighted by atomic mass is 15.0. The van der Waals surface area contributed by atoms with E-state index in [4.69, 9.17) is 0 Å². The van der Waals surface area contributed by atoms with E-state index in [0.29, 0.717) is 5.65 Å². The molecule has 0 radical (unpaired) electrons. The summed E-state index contributed by atoms with van der Waals surface area (Å²) in [6, 6.07) is 0. The van der Waals surface area contributed by atoms with Crippen molar-refractivity contribution in [1.29, 1.82) is 0 Å². The van der Waals surface area contributed by atoms with Crippen LogP contribution in [0.2, 0.25) is 0 Å². The first-order valence-electron chi connectivity index (χ1n) is 4.26. The minimum absolute atomic E-state index is 0.653. The molecule has 0 spiro atoms. The number of nitrogens with zero attached hydrogens (tertiary/aromatic N) is 4. The van der Waals surface area contributed by atoms with Crippen molar-refractivity contribution in [1.82, 2.24) is 19.9 Å². The Morgan fingerprint density at radius 2 is 1.69 bits per heavy atom. The lowest BCUT2D eigenvalue weighted by molar-refractivity contribution is 1.06. The van der Waals surface area contributed by atoms with E-state index in [1.165, 1.54) is 0 Å². The molecule has 0 aromatic carbocycles. The molecule has 13 heavy (non-hydrogen) atoms. The topological polar surface area (TPSA) is 51.6 Å². The fraction of sp³-hybridized carbons (Fsp3) is 0.333. The molecule has 2 rings (SSSR count). The zero-order chi connectivity index (χ0) is 9.68. The van der Waals surface area contributed by atoms with Gasteiger partial charge >= 0.3 is 0 Å². The number of aromatic nitrogens is 4. The van der Waals surface area contributed by atoms with E-state index >= 15 is 0 Å². The van der Waals surface area contributed by atoms with Gasteiger partial charge in [-0.2, -0.15) is 0 Å². The van der Waals surface area contributed by atoms with Crippen molar-refractivity contribution < 1.29 is 0 Å². The molecule has 0 amide bonds. The van der Waals surface area contributed by atoms with Crippen molar-refractivity contribution in [3.8, 4) is 0 Å². The number of rotatable bonds is 0. The Hall–Kier alpha value is -1.58. The molecule has 0 saturated carbocycles. The lowest BCUT2D eigenvalue weighted by atomic mass is 10.5. The fourth-order valence-corrected chi connectivity index (χ4v) is 0.855. The van der Waals surface area contributed by atoms with Crippen molar-refractivity contribution in [2.24, 2.45) is 0 Å². The summed E-state index contributed by atoms with van der Waals surface area (Å²) in [5.41, 5.74) is 1.39. The summed E-state index contributed by atoms with van der Waals surface area (Å²) in [4.78, 5) is 16.1. The molecule has 0 bridgehead atoms. The summed E-state index contributed by atoms with van der Waals surface area (Å²) in [7, 11) is 0. The highest BCUT2D eigenvalue weighted by Crippen LogP contribution is 2.01. The van der Waals surface area contributed by atoms with Gasteiger partial charge in [0.1, 0.15) is 11.3 Å². The third kappa shape index (κ3) is 2.18. The fourth-order valence-electron chi connectivity index (χ4n) is 0.855. The van der Waals surface area contributed by atoms with Crippen molar-refractivity contribution in [2.75, 3.05) is 0 Å². The minimum atomic E-state index is 0.653. The van der Waals surface area contributed by atoms with E-state index in [1.807, 2.05) is 20.8 Å². The molecule has 0 aliphatic carbocycles. The maximum absolute atomic E-state index is 4.09. The molecular weight excluding hydrogens is 164 g/mol. The van der Waals surface area contributed by atoms with Crippen LogP contribution in [-0.4, -0.2) is 19.9 Å². The third-order valence-corrected chi connectivity index (χ3v) is 1.35. The summed E-state index contributed by atoms with van der Waals surface area (Å²) < 4.78 is 0. The summed E-state index contributed by atoms with van der Waals surface area (Å²) in [6.45, 7) is 5.83. The molecule has 4 heteroatoms. The average Bonchev–Trinajstić information content (AvgIpc) is 2.21. The quantitative estimate of drug-likeness (QED) is 0.613. The maximum atomic E-state index is 4.09. The van der Waals surface area contributed by atoms with Crippen molar-refractivity contribution in [3.05, 3.63) is 24.4 Å². The highest BCUT2D eigenvalue weighted by Gasteiger charge is 1.95. The summed E-state index contributed by atoms with van der Waals surface area (Å²) in [5.74, 6) is 0.720. The SMILES string of the molecule is CC.Cc1ncc2nccnc2n1. The standard InChI is InChI=1S/C7H6N4.C2H6/c1-5-10-4-6-7(11-5)9-3-2-8-6;1-2/h2-4H,1H3;1-2H3. The largest absolute Gasteiger partial charge is 0.250 e. The monoisotopic (exact) mass is 176 g/mol. The molecule has 68 valence electrons. The summed E-state index contributed by atoms with van der Waals surface area (Å²) in [6.07, 6.45) is 4.92. The predicted octanol–water partition coefficient (Wildman–Crippen LogP) is 1.75. The van der Waals surface area contributed by atoms with Gasteiger partial charge in [0.2, 0.25) is 0 Å². The first kappa shape index (κ1) is 9.51. The van der Waals surface area contributed by atoms with Gasteiger partial charge in [-0.25, -0.2) is 19.9 Å². The Balaban J connectivity index is 0.000000396. The van der Waals surface area contributed by atoms with E-state index in [-0.39, 0.29) is 0 Å². The minimum Gasteiger partial charge on any atom is -0.250 e. The van der Waals surface area contributed by atoms with Crippen LogP contribution in [0.3, 0.4) is 0 Å². The number of hydrogen-bond acceptors (Lipinski definition) is 4. The Bertz CT molecular complexity index is 386. The predicted molar refractivity (Wildman–Crippen MR) is 51.2 cm³/mol. The van der Waals surface area contributed by atoms with Crippen molar-refractivity contribution in [3.63, 3.8) is 0 Å². The van der Waals surface area contributed by atoms with Crippen LogP contribution >= 0.6 is 0 Å². The van der Waals surface area contributed by atoms with Crippen LogP contribution in [0.25, 0.3) is 11.2 Å². The second-order valence-electron chi connectivity index (χ2n) is 2.18. The van der Waals surface area contributed by atoms with E-state index in [0.717, 1.165) is 11.3 Å². The second kappa shape index (κ2) is 4.45. The molecule has 0 unspecified atom stereocenters. The maximum Gasteiger partial charge on any atom is 0.181 e. The van der Waals surface area contributed by atoms with Crippen molar-refractivity contribution >= 4 is 11.2 Å². The van der Waals surface area contributed by atoms with Gasteiger partial charge in [0, 0.05) is 12.4 Å². The molecule has 0 aliphatic rings. The van der Waals surface area contributed by atoms with Gasteiger partial charge in [0.15, 0.2) is 5.65 Å². The van der Waals surface area contributed by atoms with E-state index in [2.05, 4.69) is 19.9 Å². The van der Waals surface area contributed by atoms with Crippen LogP contribution in [0.1, 0.15) is 19.7 Å². The molecule has 2 aromatic heterocycles. The van der Waals surface area contributed by atoms with Crippen LogP contribution in [0.15, 0.2) is 18.6 Å². The average molecular weight is 176 g/mol. The van der Waals surface area contributed by atoms with Crippen LogP contribution in [0.4, 0.5) is 0 Å². The smallest absolute Gasteiger partial charge is 0.181 e. The van der Waals surface area contributed by atoms with Gasteiger partial charge in [0.05, 0.1) is 6.20 Å².